The minimum atomic E-state index is -0.923. The van der Waals surface area contributed by atoms with Gasteiger partial charge in [0.1, 0.15) is 0 Å². The SMILES string of the molecule is Cc1cn(-c2cccc(C(=O)O)c2)cn1. The molecule has 1 heterocycles. The topological polar surface area (TPSA) is 55.1 Å². The van der Waals surface area contributed by atoms with E-state index >= 15 is 0 Å². The number of hydrogen-bond acceptors (Lipinski definition) is 2. The number of aryl methyl sites for hydroxylation is 1. The molecule has 0 aliphatic rings. The Kier molecular flexibility index (Phi) is 2.25. The number of aromatic carboxylic acids is 1. The lowest BCUT2D eigenvalue weighted by atomic mass is 10.2. The third-order valence-corrected chi connectivity index (χ3v) is 2.10. The van der Waals surface area contributed by atoms with Gasteiger partial charge in [0.2, 0.25) is 0 Å². The van der Waals surface area contributed by atoms with Crippen molar-refractivity contribution < 1.29 is 9.90 Å². The van der Waals surface area contributed by atoms with E-state index in [1.165, 1.54) is 0 Å². The van der Waals surface area contributed by atoms with Crippen LogP contribution in [0.25, 0.3) is 5.69 Å². The second kappa shape index (κ2) is 3.57. The van der Waals surface area contributed by atoms with Gasteiger partial charge < -0.3 is 9.67 Å². The van der Waals surface area contributed by atoms with Crippen molar-refractivity contribution in [1.82, 2.24) is 9.55 Å². The van der Waals surface area contributed by atoms with Gasteiger partial charge in [-0.25, -0.2) is 9.78 Å². The number of rotatable bonds is 2. The number of imidazole rings is 1. The first-order chi connectivity index (χ1) is 7.16. The summed E-state index contributed by atoms with van der Waals surface area (Å²) in [5.41, 5.74) is 1.98. The molecule has 1 aromatic carbocycles. The van der Waals surface area contributed by atoms with Crippen LogP contribution in [0, 0.1) is 6.92 Å². The zero-order valence-electron chi connectivity index (χ0n) is 8.21. The fourth-order valence-electron chi connectivity index (χ4n) is 1.36. The maximum absolute atomic E-state index is 10.8. The Morgan fingerprint density at radius 3 is 2.87 bits per heavy atom. The predicted octanol–water partition coefficient (Wildman–Crippen LogP) is 1.88. The molecule has 0 fully saturated rings. The number of hydrogen-bond donors (Lipinski definition) is 1. The van der Waals surface area contributed by atoms with Crippen molar-refractivity contribution in [3.05, 3.63) is 48.0 Å². The van der Waals surface area contributed by atoms with Gasteiger partial charge >= 0.3 is 5.97 Å². The van der Waals surface area contributed by atoms with Crippen molar-refractivity contribution in [2.75, 3.05) is 0 Å². The summed E-state index contributed by atoms with van der Waals surface area (Å²) < 4.78 is 1.79. The molecule has 0 atom stereocenters. The van der Waals surface area contributed by atoms with Crippen LogP contribution in [0.4, 0.5) is 0 Å². The normalized spacial score (nSPS) is 10.2. The predicted molar refractivity (Wildman–Crippen MR) is 55.3 cm³/mol. The molecule has 0 aliphatic carbocycles. The molecule has 2 aromatic rings. The van der Waals surface area contributed by atoms with Crippen molar-refractivity contribution >= 4 is 5.97 Å². The Labute approximate surface area is 86.8 Å². The average Bonchev–Trinajstić information content (AvgIpc) is 2.65. The monoisotopic (exact) mass is 202 g/mol. The largest absolute Gasteiger partial charge is 0.478 e. The number of carboxylic acids is 1. The highest BCUT2D eigenvalue weighted by atomic mass is 16.4. The Morgan fingerprint density at radius 1 is 1.47 bits per heavy atom. The molecule has 0 aliphatic heterocycles. The van der Waals surface area contributed by atoms with Gasteiger partial charge in [-0.3, -0.25) is 0 Å². The quantitative estimate of drug-likeness (QED) is 0.808. The summed E-state index contributed by atoms with van der Waals surface area (Å²) in [6, 6.07) is 6.74. The molecule has 0 unspecified atom stereocenters. The van der Waals surface area contributed by atoms with Crippen molar-refractivity contribution in [2.24, 2.45) is 0 Å². The van der Waals surface area contributed by atoms with E-state index in [2.05, 4.69) is 4.98 Å². The maximum Gasteiger partial charge on any atom is 0.335 e. The first-order valence-electron chi connectivity index (χ1n) is 4.51. The van der Waals surface area contributed by atoms with E-state index in [4.69, 9.17) is 5.11 Å². The van der Waals surface area contributed by atoms with Gasteiger partial charge in [-0.15, -0.1) is 0 Å². The van der Waals surface area contributed by atoms with E-state index in [0.717, 1.165) is 11.4 Å². The second-order valence-corrected chi connectivity index (χ2v) is 3.28. The zero-order chi connectivity index (χ0) is 10.8. The molecule has 0 saturated carbocycles. The molecule has 76 valence electrons. The fourth-order valence-corrected chi connectivity index (χ4v) is 1.36. The van der Waals surface area contributed by atoms with Crippen LogP contribution < -0.4 is 0 Å². The summed E-state index contributed by atoms with van der Waals surface area (Å²) in [5.74, 6) is -0.923. The molecule has 15 heavy (non-hydrogen) atoms. The van der Waals surface area contributed by atoms with E-state index in [1.807, 2.05) is 19.2 Å². The summed E-state index contributed by atoms with van der Waals surface area (Å²) in [5, 5.41) is 8.84. The second-order valence-electron chi connectivity index (χ2n) is 3.28. The van der Waals surface area contributed by atoms with Crippen LogP contribution >= 0.6 is 0 Å². The number of nitrogens with zero attached hydrogens (tertiary/aromatic N) is 2. The van der Waals surface area contributed by atoms with E-state index in [9.17, 15) is 4.79 Å². The van der Waals surface area contributed by atoms with E-state index in [0.29, 0.717) is 0 Å². The Hall–Kier alpha value is -2.10. The van der Waals surface area contributed by atoms with Gasteiger partial charge in [0.05, 0.1) is 17.6 Å². The molecule has 0 saturated heterocycles. The van der Waals surface area contributed by atoms with Crippen LogP contribution in [0.15, 0.2) is 36.8 Å². The average molecular weight is 202 g/mol. The molecule has 0 radical (unpaired) electrons. The van der Waals surface area contributed by atoms with Gasteiger partial charge in [-0.05, 0) is 25.1 Å². The number of benzene rings is 1. The molecule has 1 N–H and O–H groups in total. The number of aromatic nitrogens is 2. The van der Waals surface area contributed by atoms with Gasteiger partial charge in [-0.1, -0.05) is 6.07 Å². The van der Waals surface area contributed by atoms with Crippen LogP contribution in [-0.4, -0.2) is 20.6 Å². The fraction of sp³-hybridized carbons (Fsp3) is 0.0909. The smallest absolute Gasteiger partial charge is 0.335 e. The summed E-state index contributed by atoms with van der Waals surface area (Å²) in [7, 11) is 0. The number of carbonyl (C=O) groups is 1. The molecular weight excluding hydrogens is 192 g/mol. The lowest BCUT2D eigenvalue weighted by Crippen LogP contribution is -1.98. The summed E-state index contributed by atoms with van der Waals surface area (Å²) in [4.78, 5) is 14.8. The molecule has 2 rings (SSSR count). The van der Waals surface area contributed by atoms with Crippen molar-refractivity contribution in [1.29, 1.82) is 0 Å². The van der Waals surface area contributed by atoms with Crippen molar-refractivity contribution in [2.45, 2.75) is 6.92 Å². The summed E-state index contributed by atoms with van der Waals surface area (Å²) in [6.07, 6.45) is 3.51. The molecule has 4 nitrogen and oxygen atoms in total. The first-order valence-corrected chi connectivity index (χ1v) is 4.51. The van der Waals surface area contributed by atoms with Crippen LogP contribution in [0.1, 0.15) is 16.1 Å². The van der Waals surface area contributed by atoms with Gasteiger partial charge in [0.15, 0.2) is 0 Å². The molecular formula is C11H10N2O2. The highest BCUT2D eigenvalue weighted by Crippen LogP contribution is 2.11. The van der Waals surface area contributed by atoms with Gasteiger partial charge in [-0.2, -0.15) is 0 Å². The zero-order valence-corrected chi connectivity index (χ0v) is 8.21. The Morgan fingerprint density at radius 2 is 2.27 bits per heavy atom. The van der Waals surface area contributed by atoms with Crippen LogP contribution in [0.5, 0.6) is 0 Å². The van der Waals surface area contributed by atoms with E-state index in [-0.39, 0.29) is 5.56 Å². The van der Waals surface area contributed by atoms with E-state index in [1.54, 1.807) is 29.1 Å². The maximum atomic E-state index is 10.8. The standard InChI is InChI=1S/C11H10N2O2/c1-8-6-13(7-12-8)10-4-2-3-9(5-10)11(14)15/h2-7H,1H3,(H,14,15). The van der Waals surface area contributed by atoms with E-state index < -0.39 is 5.97 Å². The van der Waals surface area contributed by atoms with Crippen LogP contribution in [0.2, 0.25) is 0 Å². The molecule has 1 aromatic heterocycles. The lowest BCUT2D eigenvalue weighted by molar-refractivity contribution is 0.0697. The third kappa shape index (κ3) is 1.88. The highest BCUT2D eigenvalue weighted by molar-refractivity contribution is 5.88. The summed E-state index contributed by atoms with van der Waals surface area (Å²) in [6.45, 7) is 1.89. The number of carboxylic acid groups (broad SMARTS) is 1. The third-order valence-electron chi connectivity index (χ3n) is 2.10. The van der Waals surface area contributed by atoms with Gasteiger partial charge in [0.25, 0.3) is 0 Å². The highest BCUT2D eigenvalue weighted by Gasteiger charge is 2.04. The lowest BCUT2D eigenvalue weighted by Gasteiger charge is -2.02. The van der Waals surface area contributed by atoms with Gasteiger partial charge in [0, 0.05) is 11.9 Å². The molecule has 4 heteroatoms. The van der Waals surface area contributed by atoms with Crippen LogP contribution in [0.3, 0.4) is 0 Å². The molecule has 0 spiro atoms. The minimum absolute atomic E-state index is 0.277. The summed E-state index contributed by atoms with van der Waals surface area (Å²) >= 11 is 0. The van der Waals surface area contributed by atoms with Crippen LogP contribution in [-0.2, 0) is 0 Å². The molecule has 0 amide bonds. The Bertz CT molecular complexity index is 503. The first kappa shape index (κ1) is 9.45. The minimum Gasteiger partial charge on any atom is -0.478 e. The molecule has 0 bridgehead atoms. The van der Waals surface area contributed by atoms with Crippen molar-refractivity contribution in [3.8, 4) is 5.69 Å². The Balaban J connectivity index is 2.45. The van der Waals surface area contributed by atoms with Crippen molar-refractivity contribution in [3.63, 3.8) is 0 Å².